The van der Waals surface area contributed by atoms with Crippen molar-refractivity contribution in [1.82, 2.24) is 9.78 Å². The van der Waals surface area contributed by atoms with Crippen molar-refractivity contribution in [3.8, 4) is 22.7 Å². The minimum Gasteiger partial charge on any atom is -0.497 e. The molecule has 0 N–H and O–H groups in total. The van der Waals surface area contributed by atoms with Crippen LogP contribution in [-0.2, 0) is 14.6 Å². The fraction of sp³-hybridized carbons (Fsp3) is 0.238. The molecule has 8 heteroatoms. The van der Waals surface area contributed by atoms with E-state index in [9.17, 15) is 13.2 Å². The van der Waals surface area contributed by atoms with Crippen LogP contribution in [0.25, 0.3) is 16.9 Å². The highest BCUT2D eigenvalue weighted by Crippen LogP contribution is 2.30. The Balaban J connectivity index is 2.18. The molecule has 152 valence electrons. The van der Waals surface area contributed by atoms with Gasteiger partial charge in [-0.15, -0.1) is 0 Å². The highest BCUT2D eigenvalue weighted by atomic mass is 32.2. The smallest absolute Gasteiger partial charge is 0.359 e. The molecule has 0 unspecified atom stereocenters. The lowest BCUT2D eigenvalue weighted by Gasteiger charge is -2.10. The highest BCUT2D eigenvalue weighted by molar-refractivity contribution is 7.90. The summed E-state index contributed by atoms with van der Waals surface area (Å²) in [5, 5.41) is 4.48. The van der Waals surface area contributed by atoms with Crippen molar-refractivity contribution < 1.29 is 22.7 Å². The van der Waals surface area contributed by atoms with Crippen molar-refractivity contribution >= 4 is 15.8 Å². The number of sulfone groups is 1. The number of methoxy groups -OCH3 is 1. The average Bonchev–Trinajstić information content (AvgIpc) is 3.05. The number of ether oxygens (including phenoxy) is 2. The van der Waals surface area contributed by atoms with Crippen molar-refractivity contribution in [2.75, 3.05) is 20.0 Å². The molecule has 29 heavy (non-hydrogen) atoms. The molecular formula is C21H22N2O5S. The Bertz CT molecular complexity index is 1130. The number of carbonyl (C=O) groups is 1. The third-order valence-corrected chi connectivity index (χ3v) is 5.59. The van der Waals surface area contributed by atoms with Gasteiger partial charge in [0.25, 0.3) is 0 Å². The monoisotopic (exact) mass is 414 g/mol. The van der Waals surface area contributed by atoms with Crippen LogP contribution in [0.3, 0.4) is 0 Å². The van der Waals surface area contributed by atoms with Crippen molar-refractivity contribution in [3.05, 3.63) is 59.8 Å². The molecule has 0 amide bonds. The summed E-state index contributed by atoms with van der Waals surface area (Å²) < 4.78 is 35.5. The van der Waals surface area contributed by atoms with Gasteiger partial charge in [0.15, 0.2) is 15.5 Å². The third kappa shape index (κ3) is 4.17. The van der Waals surface area contributed by atoms with Crippen LogP contribution in [0.1, 0.15) is 23.0 Å². The van der Waals surface area contributed by atoms with E-state index < -0.39 is 15.8 Å². The molecule has 0 aliphatic heterocycles. The fourth-order valence-corrected chi connectivity index (χ4v) is 3.63. The van der Waals surface area contributed by atoms with E-state index in [2.05, 4.69) is 5.10 Å². The van der Waals surface area contributed by atoms with Gasteiger partial charge in [-0.3, -0.25) is 0 Å². The van der Waals surface area contributed by atoms with Crippen LogP contribution >= 0.6 is 0 Å². The fourth-order valence-electron chi connectivity index (χ4n) is 3.00. The summed E-state index contributed by atoms with van der Waals surface area (Å²) in [6.45, 7) is 3.77. The van der Waals surface area contributed by atoms with Crippen LogP contribution in [-0.4, -0.2) is 44.1 Å². The predicted octanol–water partition coefficient (Wildman–Crippen LogP) is 3.44. The molecule has 1 heterocycles. The first-order chi connectivity index (χ1) is 13.8. The number of aromatic nitrogens is 2. The van der Waals surface area contributed by atoms with Gasteiger partial charge in [-0.1, -0.05) is 12.1 Å². The first kappa shape index (κ1) is 20.6. The largest absolute Gasteiger partial charge is 0.497 e. The number of rotatable bonds is 6. The van der Waals surface area contributed by atoms with Crippen molar-refractivity contribution in [2.45, 2.75) is 18.7 Å². The van der Waals surface area contributed by atoms with Gasteiger partial charge in [-0.05, 0) is 50.2 Å². The quantitative estimate of drug-likeness (QED) is 0.574. The Morgan fingerprint density at radius 3 is 2.21 bits per heavy atom. The van der Waals surface area contributed by atoms with E-state index >= 15 is 0 Å². The molecule has 0 atom stereocenters. The zero-order valence-electron chi connectivity index (χ0n) is 16.7. The molecule has 0 saturated carbocycles. The topological polar surface area (TPSA) is 87.5 Å². The van der Waals surface area contributed by atoms with Crippen molar-refractivity contribution in [2.24, 2.45) is 0 Å². The van der Waals surface area contributed by atoms with Gasteiger partial charge in [0.1, 0.15) is 5.75 Å². The first-order valence-electron chi connectivity index (χ1n) is 8.98. The Morgan fingerprint density at radius 2 is 1.69 bits per heavy atom. The van der Waals surface area contributed by atoms with Crippen LogP contribution < -0.4 is 4.74 Å². The molecule has 0 bridgehead atoms. The molecule has 0 fully saturated rings. The second-order valence-electron chi connectivity index (χ2n) is 6.45. The van der Waals surface area contributed by atoms with Gasteiger partial charge in [-0.2, -0.15) is 5.10 Å². The van der Waals surface area contributed by atoms with E-state index in [-0.39, 0.29) is 17.2 Å². The third-order valence-electron chi connectivity index (χ3n) is 4.46. The molecule has 0 saturated heterocycles. The number of nitrogens with zero attached hydrogens (tertiary/aromatic N) is 2. The average molecular weight is 414 g/mol. The van der Waals surface area contributed by atoms with Crippen molar-refractivity contribution in [3.63, 3.8) is 0 Å². The summed E-state index contributed by atoms with van der Waals surface area (Å²) in [4.78, 5) is 12.6. The maximum Gasteiger partial charge on any atom is 0.359 e. The van der Waals surface area contributed by atoms with Gasteiger partial charge >= 0.3 is 5.97 Å². The normalized spacial score (nSPS) is 11.3. The minimum absolute atomic E-state index is 0.213. The number of carbonyl (C=O) groups excluding carboxylic acids is 1. The summed E-state index contributed by atoms with van der Waals surface area (Å²) in [7, 11) is -1.72. The zero-order valence-corrected chi connectivity index (χ0v) is 17.5. The molecule has 7 nitrogen and oxygen atoms in total. The Hall–Kier alpha value is -3.13. The summed E-state index contributed by atoms with van der Waals surface area (Å²) in [6, 6.07) is 13.7. The summed E-state index contributed by atoms with van der Waals surface area (Å²) in [5.41, 5.74) is 3.00. The molecule has 1 aromatic heterocycles. The van der Waals surface area contributed by atoms with Crippen LogP contribution in [0.2, 0.25) is 0 Å². The SMILES string of the molecule is CCOC(=O)c1nn(-c2ccc(OC)cc2)c(-c2ccc(S(C)(=O)=O)cc2)c1C. The Labute approximate surface area is 169 Å². The summed E-state index contributed by atoms with van der Waals surface area (Å²) in [5.74, 6) is 0.188. The second kappa shape index (κ2) is 8.08. The number of hydrogen-bond donors (Lipinski definition) is 0. The molecule has 3 aromatic rings. The molecular weight excluding hydrogens is 392 g/mol. The lowest BCUT2D eigenvalue weighted by atomic mass is 10.1. The molecule has 0 aliphatic carbocycles. The van der Waals surface area contributed by atoms with E-state index in [1.54, 1.807) is 62.0 Å². The van der Waals surface area contributed by atoms with Crippen LogP contribution in [0.15, 0.2) is 53.4 Å². The molecule has 0 aliphatic rings. The molecule has 3 rings (SSSR count). The number of esters is 1. The predicted molar refractivity (Wildman–Crippen MR) is 109 cm³/mol. The zero-order chi connectivity index (χ0) is 21.2. The van der Waals surface area contributed by atoms with Crippen LogP contribution in [0.5, 0.6) is 5.75 Å². The molecule has 0 spiro atoms. The van der Waals surface area contributed by atoms with E-state index in [1.165, 1.54) is 0 Å². The number of hydrogen-bond acceptors (Lipinski definition) is 6. The molecule has 2 aromatic carbocycles. The highest BCUT2D eigenvalue weighted by Gasteiger charge is 2.23. The van der Waals surface area contributed by atoms with Gasteiger partial charge in [-0.25, -0.2) is 17.9 Å². The van der Waals surface area contributed by atoms with Gasteiger partial charge in [0.2, 0.25) is 0 Å². The maximum atomic E-state index is 12.4. The molecule has 0 radical (unpaired) electrons. The first-order valence-corrected chi connectivity index (χ1v) is 10.9. The van der Waals surface area contributed by atoms with E-state index in [4.69, 9.17) is 9.47 Å². The van der Waals surface area contributed by atoms with Crippen LogP contribution in [0.4, 0.5) is 0 Å². The minimum atomic E-state index is -3.31. The lowest BCUT2D eigenvalue weighted by molar-refractivity contribution is 0.0518. The maximum absolute atomic E-state index is 12.4. The van der Waals surface area contributed by atoms with Gasteiger partial charge in [0.05, 0.1) is 30.0 Å². The Kier molecular flexibility index (Phi) is 5.74. The Morgan fingerprint density at radius 1 is 1.07 bits per heavy atom. The van der Waals surface area contributed by atoms with Crippen LogP contribution in [0, 0.1) is 6.92 Å². The van der Waals surface area contributed by atoms with E-state index in [0.29, 0.717) is 17.0 Å². The van der Waals surface area contributed by atoms with Gasteiger partial charge < -0.3 is 9.47 Å². The van der Waals surface area contributed by atoms with Crippen molar-refractivity contribution in [1.29, 1.82) is 0 Å². The standard InChI is InChI=1S/C21H22N2O5S/c1-5-28-21(24)19-14(2)20(15-6-12-18(13-7-15)29(4,25)26)23(22-19)16-8-10-17(27-3)11-9-16/h6-13H,5H2,1-4H3. The van der Waals surface area contributed by atoms with Gasteiger partial charge in [0, 0.05) is 17.4 Å². The van der Waals surface area contributed by atoms with E-state index in [1.807, 2.05) is 12.1 Å². The summed E-state index contributed by atoms with van der Waals surface area (Å²) >= 11 is 0. The van der Waals surface area contributed by atoms with E-state index in [0.717, 1.165) is 17.5 Å². The second-order valence-corrected chi connectivity index (χ2v) is 8.46. The number of benzene rings is 2. The lowest BCUT2D eigenvalue weighted by Crippen LogP contribution is -2.07. The summed E-state index contributed by atoms with van der Waals surface area (Å²) in [6.07, 6.45) is 1.16.